The Labute approximate surface area is 217 Å². The molecule has 2 aliphatic heterocycles. The number of aliphatic carboxylic acids is 2. The number of halogens is 6. The van der Waals surface area contributed by atoms with Crippen LogP contribution in [0.4, 0.5) is 32.3 Å². The van der Waals surface area contributed by atoms with Gasteiger partial charge in [0.05, 0.1) is 13.2 Å². The molecule has 2 N–H and O–H groups in total. The lowest BCUT2D eigenvalue weighted by Crippen LogP contribution is -2.40. The number of hydrogen-bond donors (Lipinski definition) is 2. The van der Waals surface area contributed by atoms with E-state index >= 15 is 0 Å². The van der Waals surface area contributed by atoms with Gasteiger partial charge in [0, 0.05) is 60.3 Å². The normalized spacial score (nSPS) is 20.1. The van der Waals surface area contributed by atoms with E-state index in [9.17, 15) is 26.3 Å². The van der Waals surface area contributed by atoms with Crippen molar-refractivity contribution in [1.82, 2.24) is 14.9 Å². The number of aromatic nitrogens is 2. The first-order valence-corrected chi connectivity index (χ1v) is 11.9. The lowest BCUT2D eigenvalue weighted by atomic mass is 9.87. The second-order valence-electron chi connectivity index (χ2n) is 8.60. The van der Waals surface area contributed by atoms with Crippen LogP contribution in [0.3, 0.4) is 0 Å². The standard InChI is InChI=1S/C18H24N4OS.2C2HF3O2/c1-15-3-4-16(24-15)11-21-9-10-23-14-18(12-21)5-8-22(13-18)17-19-6-2-7-20-17;2*3-2(4,5)1(6)7/h2-4,6-7H,5,8-14H2,1H3;2*(H,6,7). The van der Waals surface area contributed by atoms with Gasteiger partial charge in [0.1, 0.15) is 0 Å². The van der Waals surface area contributed by atoms with Crippen LogP contribution < -0.4 is 4.90 Å². The molecule has 0 radical (unpaired) electrons. The zero-order chi connectivity index (χ0) is 28.6. The van der Waals surface area contributed by atoms with Crippen LogP contribution in [-0.4, -0.2) is 88.8 Å². The molecule has 2 aromatic rings. The van der Waals surface area contributed by atoms with Crippen LogP contribution in [0.25, 0.3) is 0 Å². The molecule has 1 spiro atoms. The summed E-state index contributed by atoms with van der Waals surface area (Å²) in [6.45, 7) is 8.98. The highest BCUT2D eigenvalue weighted by Gasteiger charge is 2.42. The number of carboxylic acids is 2. The predicted octanol–water partition coefficient (Wildman–Crippen LogP) is 3.84. The Bertz CT molecular complexity index is 1030. The zero-order valence-electron chi connectivity index (χ0n) is 20.1. The van der Waals surface area contributed by atoms with E-state index in [-0.39, 0.29) is 5.41 Å². The van der Waals surface area contributed by atoms with E-state index in [1.165, 1.54) is 9.75 Å². The molecule has 9 nitrogen and oxygen atoms in total. The largest absolute Gasteiger partial charge is 0.490 e. The molecule has 16 heteroatoms. The Morgan fingerprint density at radius 3 is 2.11 bits per heavy atom. The molecule has 0 aromatic carbocycles. The Kier molecular flexibility index (Phi) is 10.8. The second-order valence-corrected chi connectivity index (χ2v) is 9.97. The fraction of sp³-hybridized carbons (Fsp3) is 0.545. The Balaban J connectivity index is 0.000000301. The van der Waals surface area contributed by atoms with Crippen molar-refractivity contribution in [2.24, 2.45) is 5.41 Å². The van der Waals surface area contributed by atoms with Crippen molar-refractivity contribution in [3.8, 4) is 0 Å². The summed E-state index contributed by atoms with van der Waals surface area (Å²) in [6.07, 6.45) is -5.38. The molecule has 1 unspecified atom stereocenters. The molecule has 0 saturated carbocycles. The van der Waals surface area contributed by atoms with Crippen LogP contribution in [0.5, 0.6) is 0 Å². The lowest BCUT2D eigenvalue weighted by Gasteiger charge is -2.31. The van der Waals surface area contributed by atoms with Crippen LogP contribution in [-0.2, 0) is 20.9 Å². The van der Waals surface area contributed by atoms with Gasteiger partial charge in [-0.3, -0.25) is 4.90 Å². The van der Waals surface area contributed by atoms with Gasteiger partial charge in [0.25, 0.3) is 0 Å². The van der Waals surface area contributed by atoms with Crippen molar-refractivity contribution in [1.29, 1.82) is 0 Å². The summed E-state index contributed by atoms with van der Waals surface area (Å²) in [6, 6.07) is 6.35. The summed E-state index contributed by atoms with van der Waals surface area (Å²) in [5.74, 6) is -4.67. The van der Waals surface area contributed by atoms with Crippen LogP contribution in [0.1, 0.15) is 16.2 Å². The van der Waals surface area contributed by atoms with E-state index in [0.717, 1.165) is 58.3 Å². The Morgan fingerprint density at radius 2 is 1.61 bits per heavy atom. The SMILES string of the molecule is Cc1ccc(CN2CCOCC3(CCN(c4ncccn4)C3)C2)s1.O=C(O)C(F)(F)F.O=C(O)C(F)(F)F. The van der Waals surface area contributed by atoms with Gasteiger partial charge in [-0.05, 0) is 31.5 Å². The van der Waals surface area contributed by atoms with Gasteiger partial charge >= 0.3 is 24.3 Å². The van der Waals surface area contributed by atoms with Crippen molar-refractivity contribution in [2.45, 2.75) is 32.2 Å². The Morgan fingerprint density at radius 1 is 1.03 bits per heavy atom. The highest BCUT2D eigenvalue weighted by molar-refractivity contribution is 7.11. The van der Waals surface area contributed by atoms with E-state index in [2.05, 4.69) is 38.8 Å². The van der Waals surface area contributed by atoms with E-state index in [1.807, 2.05) is 29.8 Å². The fourth-order valence-electron chi connectivity index (χ4n) is 3.81. The third kappa shape index (κ3) is 10.1. The van der Waals surface area contributed by atoms with E-state index in [1.54, 1.807) is 0 Å². The molecule has 2 aromatic heterocycles. The number of alkyl halides is 6. The molecular weight excluding hydrogens is 546 g/mol. The zero-order valence-corrected chi connectivity index (χ0v) is 20.9. The number of rotatable bonds is 3. The summed E-state index contributed by atoms with van der Waals surface area (Å²) in [5, 5.41) is 14.2. The topological polar surface area (TPSA) is 116 Å². The quantitative estimate of drug-likeness (QED) is 0.530. The number of carbonyl (C=O) groups is 2. The summed E-state index contributed by atoms with van der Waals surface area (Å²) in [4.78, 5) is 34.3. The van der Waals surface area contributed by atoms with Crippen LogP contribution >= 0.6 is 11.3 Å². The minimum Gasteiger partial charge on any atom is -0.475 e. The van der Waals surface area contributed by atoms with Crippen LogP contribution in [0, 0.1) is 12.3 Å². The molecule has 38 heavy (non-hydrogen) atoms. The minimum absolute atomic E-state index is 0.196. The molecule has 2 aliphatic rings. The third-order valence-corrected chi connectivity index (χ3v) is 6.44. The molecule has 2 saturated heterocycles. The van der Waals surface area contributed by atoms with Crippen LogP contribution in [0.2, 0.25) is 0 Å². The molecule has 4 heterocycles. The highest BCUT2D eigenvalue weighted by atomic mass is 32.1. The number of nitrogens with zero attached hydrogens (tertiary/aromatic N) is 4. The molecule has 1 atom stereocenters. The smallest absolute Gasteiger partial charge is 0.475 e. The van der Waals surface area contributed by atoms with Gasteiger partial charge in [0.2, 0.25) is 5.95 Å². The second kappa shape index (κ2) is 13.2. The maximum absolute atomic E-state index is 10.6. The predicted molar refractivity (Wildman–Crippen MR) is 124 cm³/mol. The van der Waals surface area contributed by atoms with Gasteiger partial charge in [0.15, 0.2) is 0 Å². The first-order chi connectivity index (χ1) is 17.6. The maximum Gasteiger partial charge on any atom is 0.490 e. The highest BCUT2D eigenvalue weighted by Crippen LogP contribution is 2.35. The molecule has 0 amide bonds. The van der Waals surface area contributed by atoms with Crippen molar-refractivity contribution in [3.05, 3.63) is 40.3 Å². The summed E-state index contributed by atoms with van der Waals surface area (Å²) in [5.41, 5.74) is 0.196. The average molecular weight is 573 g/mol. The third-order valence-electron chi connectivity index (χ3n) is 5.45. The van der Waals surface area contributed by atoms with Crippen molar-refractivity contribution in [3.63, 3.8) is 0 Å². The summed E-state index contributed by atoms with van der Waals surface area (Å²) < 4.78 is 69.5. The van der Waals surface area contributed by atoms with Gasteiger partial charge in [-0.1, -0.05) is 0 Å². The molecular formula is C22H26F6N4O5S. The van der Waals surface area contributed by atoms with E-state index < -0.39 is 24.3 Å². The Hall–Kier alpha value is -2.98. The minimum atomic E-state index is -5.08. The van der Waals surface area contributed by atoms with Crippen molar-refractivity contribution in [2.75, 3.05) is 44.3 Å². The molecule has 0 aliphatic carbocycles. The number of ether oxygens (including phenoxy) is 1. The average Bonchev–Trinajstić information content (AvgIpc) is 3.37. The number of hydrogen-bond acceptors (Lipinski definition) is 8. The van der Waals surface area contributed by atoms with Crippen molar-refractivity contribution >= 4 is 29.2 Å². The lowest BCUT2D eigenvalue weighted by molar-refractivity contribution is -0.193. The molecule has 212 valence electrons. The van der Waals surface area contributed by atoms with E-state index in [0.29, 0.717) is 0 Å². The van der Waals surface area contributed by atoms with Gasteiger partial charge in [-0.25, -0.2) is 19.6 Å². The summed E-state index contributed by atoms with van der Waals surface area (Å²) in [7, 11) is 0. The van der Waals surface area contributed by atoms with Crippen molar-refractivity contribution < 1.29 is 50.9 Å². The number of thiophene rings is 1. The number of aryl methyl sites for hydroxylation is 1. The summed E-state index contributed by atoms with van der Waals surface area (Å²) >= 11 is 1.90. The first-order valence-electron chi connectivity index (χ1n) is 11.1. The van der Waals surface area contributed by atoms with Crippen LogP contribution in [0.15, 0.2) is 30.6 Å². The van der Waals surface area contributed by atoms with Gasteiger partial charge < -0.3 is 19.8 Å². The monoisotopic (exact) mass is 572 g/mol. The molecule has 0 bridgehead atoms. The maximum atomic E-state index is 10.6. The molecule has 2 fully saturated rings. The number of anilines is 1. The fourth-order valence-corrected chi connectivity index (χ4v) is 4.75. The number of carboxylic acid groups (broad SMARTS) is 2. The van der Waals surface area contributed by atoms with Gasteiger partial charge in [-0.15, -0.1) is 11.3 Å². The van der Waals surface area contributed by atoms with E-state index in [4.69, 9.17) is 24.5 Å². The van der Waals surface area contributed by atoms with Gasteiger partial charge in [-0.2, -0.15) is 26.3 Å². The molecule has 4 rings (SSSR count). The first kappa shape index (κ1) is 31.2.